The van der Waals surface area contributed by atoms with Crippen molar-refractivity contribution in [1.82, 2.24) is 10.3 Å². The van der Waals surface area contributed by atoms with Crippen LogP contribution in [0, 0.1) is 11.3 Å². The third-order valence-corrected chi connectivity index (χ3v) is 4.89. The van der Waals surface area contributed by atoms with Crippen LogP contribution < -0.4 is 20.1 Å². The van der Waals surface area contributed by atoms with E-state index in [2.05, 4.69) is 15.6 Å². The van der Waals surface area contributed by atoms with Crippen LogP contribution in [0.4, 0.5) is 5.69 Å². The van der Waals surface area contributed by atoms with E-state index in [9.17, 15) is 14.4 Å². The summed E-state index contributed by atoms with van der Waals surface area (Å²) in [5.41, 5.74) is 0.700. The van der Waals surface area contributed by atoms with E-state index in [0.29, 0.717) is 22.2 Å². The smallest absolute Gasteiger partial charge is 0.341 e. The molecule has 0 saturated carbocycles. The van der Waals surface area contributed by atoms with Crippen LogP contribution in [-0.4, -0.2) is 48.5 Å². The van der Waals surface area contributed by atoms with Crippen LogP contribution in [0.15, 0.2) is 41.6 Å². The van der Waals surface area contributed by atoms with E-state index < -0.39 is 18.5 Å². The zero-order valence-corrected chi connectivity index (χ0v) is 17.1. The molecule has 3 rings (SSSR count). The highest BCUT2D eigenvalue weighted by Gasteiger charge is 2.18. The molecule has 1 aliphatic rings. The summed E-state index contributed by atoms with van der Waals surface area (Å²) in [4.78, 5) is 40.3. The Hall–Kier alpha value is -3.78. The number of carbonyl (C=O) groups is 3. The maximum Gasteiger partial charge on any atom is 0.341 e. The van der Waals surface area contributed by atoms with Crippen molar-refractivity contribution < 1.29 is 28.6 Å². The van der Waals surface area contributed by atoms with Crippen molar-refractivity contribution in [3.8, 4) is 17.6 Å². The van der Waals surface area contributed by atoms with Crippen molar-refractivity contribution in [1.29, 1.82) is 5.26 Å². The maximum absolute atomic E-state index is 12.3. The third kappa shape index (κ3) is 6.35. The molecule has 160 valence electrons. The highest BCUT2D eigenvalue weighted by molar-refractivity contribution is 8.00. The summed E-state index contributed by atoms with van der Waals surface area (Å²) in [5, 5.41) is 13.9. The minimum atomic E-state index is -0.734. The van der Waals surface area contributed by atoms with Gasteiger partial charge in [0, 0.05) is 24.5 Å². The molecule has 31 heavy (non-hydrogen) atoms. The summed E-state index contributed by atoms with van der Waals surface area (Å²) in [5.74, 6) is -0.377. The maximum atomic E-state index is 12.3. The first-order chi connectivity index (χ1) is 15.1. The van der Waals surface area contributed by atoms with Gasteiger partial charge >= 0.3 is 5.97 Å². The molecule has 1 aromatic carbocycles. The number of hydrogen-bond acceptors (Lipinski definition) is 9. The second-order valence-electron chi connectivity index (χ2n) is 6.10. The zero-order chi connectivity index (χ0) is 22.1. The predicted octanol–water partition coefficient (Wildman–Crippen LogP) is 1.73. The lowest BCUT2D eigenvalue weighted by Gasteiger charge is -2.09. The van der Waals surface area contributed by atoms with E-state index in [1.165, 1.54) is 12.3 Å². The molecular formula is C20H18N4O6S. The molecule has 0 fully saturated rings. The Kier molecular flexibility index (Phi) is 7.67. The normalized spacial score (nSPS) is 11.3. The van der Waals surface area contributed by atoms with Gasteiger partial charge in [-0.25, -0.2) is 9.78 Å². The molecule has 1 aliphatic heterocycles. The molecule has 2 amide bonds. The Labute approximate surface area is 181 Å². The molecule has 1 aromatic heterocycles. The number of ether oxygens (including phenoxy) is 3. The number of fused-ring (bicyclic) bond motifs is 1. The average molecular weight is 442 g/mol. The van der Waals surface area contributed by atoms with Gasteiger partial charge in [-0.1, -0.05) is 11.8 Å². The van der Waals surface area contributed by atoms with Gasteiger partial charge in [0.1, 0.15) is 5.03 Å². The highest BCUT2D eigenvalue weighted by Crippen LogP contribution is 2.34. The van der Waals surface area contributed by atoms with Gasteiger partial charge < -0.3 is 24.8 Å². The van der Waals surface area contributed by atoms with E-state index in [-0.39, 0.29) is 37.0 Å². The lowest BCUT2D eigenvalue weighted by Crippen LogP contribution is -2.29. The number of carbonyl (C=O) groups excluding carboxylic acids is 3. The van der Waals surface area contributed by atoms with Crippen LogP contribution in [0.1, 0.15) is 16.8 Å². The molecule has 2 aromatic rings. The molecule has 0 aliphatic carbocycles. The molecule has 0 atom stereocenters. The summed E-state index contributed by atoms with van der Waals surface area (Å²) in [7, 11) is 0. The van der Waals surface area contributed by atoms with Crippen LogP contribution in [0.3, 0.4) is 0 Å². The second kappa shape index (κ2) is 10.8. The number of aromatic nitrogens is 1. The number of nitrogens with zero attached hydrogens (tertiary/aromatic N) is 2. The summed E-state index contributed by atoms with van der Waals surface area (Å²) < 4.78 is 15.5. The topological polar surface area (TPSA) is 140 Å². The van der Waals surface area contributed by atoms with E-state index in [1.807, 2.05) is 6.07 Å². The fourth-order valence-corrected chi connectivity index (χ4v) is 3.27. The summed E-state index contributed by atoms with van der Waals surface area (Å²) >= 11 is 1.06. The number of benzene rings is 1. The third-order valence-electron chi connectivity index (χ3n) is 3.88. The number of amides is 2. The highest BCUT2D eigenvalue weighted by atomic mass is 32.2. The predicted molar refractivity (Wildman–Crippen MR) is 110 cm³/mol. The largest absolute Gasteiger partial charge is 0.454 e. The van der Waals surface area contributed by atoms with Crippen LogP contribution in [-0.2, 0) is 14.3 Å². The van der Waals surface area contributed by atoms with Gasteiger partial charge in [-0.2, -0.15) is 5.26 Å². The average Bonchev–Trinajstić information content (AvgIpc) is 3.24. The van der Waals surface area contributed by atoms with E-state index >= 15 is 0 Å². The Balaban J connectivity index is 1.51. The van der Waals surface area contributed by atoms with Gasteiger partial charge in [0.25, 0.3) is 5.91 Å². The monoisotopic (exact) mass is 442 g/mol. The number of anilines is 1. The van der Waals surface area contributed by atoms with Gasteiger partial charge in [0.15, 0.2) is 18.1 Å². The summed E-state index contributed by atoms with van der Waals surface area (Å²) in [6.45, 7) is -0.157. The van der Waals surface area contributed by atoms with Crippen LogP contribution in [0.2, 0.25) is 0 Å². The van der Waals surface area contributed by atoms with Crippen LogP contribution >= 0.6 is 11.8 Å². The molecule has 2 N–H and O–H groups in total. The van der Waals surface area contributed by atoms with Crippen LogP contribution in [0.25, 0.3) is 0 Å². The van der Waals surface area contributed by atoms with Crippen molar-refractivity contribution in [3.63, 3.8) is 0 Å². The molecule has 0 bridgehead atoms. The molecule has 0 spiro atoms. The molecule has 2 heterocycles. The fraction of sp³-hybridized carbons (Fsp3) is 0.250. The fourth-order valence-electron chi connectivity index (χ4n) is 2.48. The van der Waals surface area contributed by atoms with E-state index in [4.69, 9.17) is 19.5 Å². The summed E-state index contributed by atoms with van der Waals surface area (Å²) in [6, 6.07) is 10.0. The van der Waals surface area contributed by atoms with Crippen LogP contribution in [0.5, 0.6) is 11.5 Å². The van der Waals surface area contributed by atoms with E-state index in [1.54, 1.807) is 24.3 Å². The number of nitrogens with one attached hydrogen (secondary N) is 2. The Morgan fingerprint density at radius 3 is 2.87 bits per heavy atom. The first-order valence-corrected chi connectivity index (χ1v) is 10.1. The second-order valence-corrected chi connectivity index (χ2v) is 7.06. The number of thioether (sulfide) groups is 1. The lowest BCUT2D eigenvalue weighted by atomic mass is 10.3. The van der Waals surface area contributed by atoms with Crippen molar-refractivity contribution in [2.45, 2.75) is 11.4 Å². The van der Waals surface area contributed by atoms with Gasteiger partial charge in [-0.15, -0.1) is 0 Å². The van der Waals surface area contributed by atoms with E-state index in [0.717, 1.165) is 11.8 Å². The Bertz CT molecular complexity index is 1020. The molecule has 0 saturated heterocycles. The summed E-state index contributed by atoms with van der Waals surface area (Å²) in [6.07, 6.45) is 1.65. The van der Waals surface area contributed by atoms with Crippen molar-refractivity contribution in [3.05, 3.63) is 42.1 Å². The minimum absolute atomic E-state index is 0.000378. The number of nitriles is 1. The number of rotatable bonds is 9. The van der Waals surface area contributed by atoms with Gasteiger partial charge in [-0.3, -0.25) is 9.59 Å². The number of esters is 1. The minimum Gasteiger partial charge on any atom is -0.454 e. The standard InChI is InChI=1S/C20H18N4O6S/c21-6-2-8-22-17(25)10-28-20(27)14-3-1-7-23-19(14)31-11-18(26)24-13-4-5-15-16(9-13)30-12-29-15/h1,3-5,7,9H,2,8,10-12H2,(H,22,25)(H,24,26). The Morgan fingerprint density at radius 2 is 2.03 bits per heavy atom. The SMILES string of the molecule is N#CCCNC(=O)COC(=O)c1cccnc1SCC(=O)Nc1ccc2c(c1)OCO2. The van der Waals surface area contributed by atoms with Crippen molar-refractivity contribution >= 4 is 35.2 Å². The molecular weight excluding hydrogens is 424 g/mol. The van der Waals surface area contributed by atoms with Crippen molar-refractivity contribution in [2.24, 2.45) is 0 Å². The lowest BCUT2D eigenvalue weighted by molar-refractivity contribution is -0.124. The first-order valence-electron chi connectivity index (χ1n) is 9.15. The van der Waals surface area contributed by atoms with Crippen molar-refractivity contribution in [2.75, 3.05) is 31.0 Å². The number of hydrogen-bond donors (Lipinski definition) is 2. The molecule has 11 heteroatoms. The van der Waals surface area contributed by atoms with Gasteiger partial charge in [-0.05, 0) is 24.3 Å². The molecule has 10 nitrogen and oxygen atoms in total. The Morgan fingerprint density at radius 1 is 1.19 bits per heavy atom. The first kappa shape index (κ1) is 21.9. The molecule has 0 radical (unpaired) electrons. The quantitative estimate of drug-likeness (QED) is 0.337. The number of pyridine rings is 1. The molecule has 0 unspecified atom stereocenters. The van der Waals surface area contributed by atoms with Gasteiger partial charge in [0.05, 0.1) is 23.8 Å². The zero-order valence-electron chi connectivity index (χ0n) is 16.3. The van der Waals surface area contributed by atoms with Gasteiger partial charge in [0.2, 0.25) is 12.7 Å².